The van der Waals surface area contributed by atoms with E-state index in [1.165, 1.54) is 14.0 Å². The molecule has 1 aromatic heterocycles. The third-order valence-corrected chi connectivity index (χ3v) is 5.50. The molecule has 182 valence electrons. The maximum absolute atomic E-state index is 13.7. The summed E-state index contributed by atoms with van der Waals surface area (Å²) >= 11 is 0. The molecule has 2 atom stereocenters. The predicted octanol–water partition coefficient (Wildman–Crippen LogP) is 2.37. The van der Waals surface area contributed by atoms with E-state index in [1.807, 2.05) is 0 Å². The number of hydrogen-bond acceptors (Lipinski definition) is 9. The Labute approximate surface area is 192 Å². The van der Waals surface area contributed by atoms with Gasteiger partial charge in [-0.2, -0.15) is 23.2 Å². The van der Waals surface area contributed by atoms with Crippen LogP contribution in [0.15, 0.2) is 24.4 Å². The van der Waals surface area contributed by atoms with E-state index >= 15 is 0 Å². The summed E-state index contributed by atoms with van der Waals surface area (Å²) in [4.78, 5) is 36.9. The van der Waals surface area contributed by atoms with Crippen LogP contribution in [0.3, 0.4) is 0 Å². The lowest BCUT2D eigenvalue weighted by Gasteiger charge is -2.35. The predicted molar refractivity (Wildman–Crippen MR) is 116 cm³/mol. The number of morpholine rings is 1. The number of nitrogens with zero attached hydrogens (tertiary/aromatic N) is 3. The first kappa shape index (κ1) is 23.9. The molecule has 1 amide bonds. The second kappa shape index (κ2) is 9.52. The van der Waals surface area contributed by atoms with Crippen LogP contribution in [0.1, 0.15) is 18.1 Å². The standard InChI is InChI=1S/C21H23F3N6O4/c1-11(31)18(16-10-30(33-2)5-6-34-16)28-19-14(21(22,23)24)9-25-20(29-19)26-13-3-4-15-12(7-13)8-17(32)27-15/h3-4,7,9,16,18H,5-6,8,10H2,1-2H3,(H,27,32)(H2,25,26,28,29). The largest absolute Gasteiger partial charge is 0.421 e. The molecular formula is C21H23F3N6O4. The fourth-order valence-electron chi connectivity index (χ4n) is 3.82. The molecule has 1 saturated heterocycles. The molecule has 0 radical (unpaired) electrons. The van der Waals surface area contributed by atoms with E-state index in [4.69, 9.17) is 9.57 Å². The maximum Gasteiger partial charge on any atom is 0.421 e. The Hall–Kier alpha value is -3.29. The highest BCUT2D eigenvalue weighted by atomic mass is 19.4. The molecule has 0 bridgehead atoms. The van der Waals surface area contributed by atoms with Crippen molar-refractivity contribution in [1.82, 2.24) is 15.0 Å². The van der Waals surface area contributed by atoms with Crippen molar-refractivity contribution in [3.63, 3.8) is 0 Å². The summed E-state index contributed by atoms with van der Waals surface area (Å²) in [6, 6.07) is 3.92. The molecular weight excluding hydrogens is 457 g/mol. The van der Waals surface area contributed by atoms with Crippen molar-refractivity contribution in [2.45, 2.75) is 31.7 Å². The minimum absolute atomic E-state index is 0.113. The highest BCUT2D eigenvalue weighted by Gasteiger charge is 2.38. The first-order valence-corrected chi connectivity index (χ1v) is 10.5. The Morgan fingerprint density at radius 2 is 2.18 bits per heavy atom. The molecule has 0 saturated carbocycles. The number of fused-ring (bicyclic) bond motifs is 1. The van der Waals surface area contributed by atoms with Gasteiger partial charge in [0.1, 0.15) is 17.4 Å². The number of ether oxygens (including phenoxy) is 1. The van der Waals surface area contributed by atoms with Crippen molar-refractivity contribution in [1.29, 1.82) is 0 Å². The van der Waals surface area contributed by atoms with Gasteiger partial charge in [0, 0.05) is 24.1 Å². The van der Waals surface area contributed by atoms with Gasteiger partial charge in [-0.25, -0.2) is 4.98 Å². The fraction of sp³-hybridized carbons (Fsp3) is 0.429. The number of hydrogen-bond donors (Lipinski definition) is 3. The van der Waals surface area contributed by atoms with E-state index < -0.39 is 35.5 Å². The summed E-state index contributed by atoms with van der Waals surface area (Å²) in [6.45, 7) is 2.17. The molecule has 10 nitrogen and oxygen atoms in total. The summed E-state index contributed by atoms with van der Waals surface area (Å²) in [6.07, 6.45) is -4.66. The molecule has 2 aromatic rings. The summed E-state index contributed by atoms with van der Waals surface area (Å²) in [5.74, 6) is -1.23. The molecule has 2 aliphatic rings. The van der Waals surface area contributed by atoms with Gasteiger partial charge in [-0.1, -0.05) is 0 Å². The number of rotatable bonds is 7. The quantitative estimate of drug-likeness (QED) is 0.549. The number of carbonyl (C=O) groups excluding carboxylic acids is 2. The molecule has 1 aromatic carbocycles. The van der Waals surface area contributed by atoms with E-state index in [9.17, 15) is 22.8 Å². The zero-order valence-corrected chi connectivity index (χ0v) is 18.4. The lowest BCUT2D eigenvalue weighted by molar-refractivity contribution is -0.195. The Morgan fingerprint density at radius 1 is 1.38 bits per heavy atom. The van der Waals surface area contributed by atoms with Crippen LogP contribution in [0.2, 0.25) is 0 Å². The summed E-state index contributed by atoms with van der Waals surface area (Å²) < 4.78 is 46.7. The van der Waals surface area contributed by atoms with Gasteiger partial charge in [-0.3, -0.25) is 9.59 Å². The molecule has 0 spiro atoms. The lowest BCUT2D eigenvalue weighted by atomic mass is 10.1. The van der Waals surface area contributed by atoms with E-state index in [0.29, 0.717) is 24.1 Å². The van der Waals surface area contributed by atoms with Crippen molar-refractivity contribution >= 4 is 34.8 Å². The van der Waals surface area contributed by atoms with Crippen LogP contribution in [0.5, 0.6) is 0 Å². The van der Waals surface area contributed by atoms with Gasteiger partial charge in [-0.15, -0.1) is 0 Å². The van der Waals surface area contributed by atoms with E-state index in [2.05, 4.69) is 25.9 Å². The fourth-order valence-corrected chi connectivity index (χ4v) is 3.82. The SMILES string of the molecule is CON1CCOC(C(Nc2nc(Nc3ccc4c(c3)CC(=O)N4)ncc2C(F)(F)F)C(C)=O)C1. The van der Waals surface area contributed by atoms with Gasteiger partial charge in [-0.05, 0) is 30.7 Å². The highest BCUT2D eigenvalue weighted by molar-refractivity contribution is 5.99. The summed E-state index contributed by atoms with van der Waals surface area (Å²) in [7, 11) is 1.47. The Balaban J connectivity index is 1.61. The average Bonchev–Trinajstić information content (AvgIpc) is 3.16. The number of Topliss-reactive ketones (excluding diaryl/α,β-unsaturated/α-hetero) is 1. The maximum atomic E-state index is 13.7. The lowest BCUT2D eigenvalue weighted by Crippen LogP contribution is -2.52. The molecule has 34 heavy (non-hydrogen) atoms. The molecule has 2 unspecified atom stereocenters. The molecule has 0 aliphatic carbocycles. The topological polar surface area (TPSA) is 118 Å². The first-order chi connectivity index (χ1) is 16.1. The number of anilines is 4. The molecule has 3 N–H and O–H groups in total. The number of carbonyl (C=O) groups is 2. The van der Waals surface area contributed by atoms with Gasteiger partial charge < -0.3 is 25.5 Å². The van der Waals surface area contributed by atoms with E-state index in [-0.39, 0.29) is 31.4 Å². The molecule has 4 rings (SSSR count). The van der Waals surface area contributed by atoms with Gasteiger partial charge in [0.05, 0.1) is 32.8 Å². The van der Waals surface area contributed by atoms with Crippen LogP contribution < -0.4 is 16.0 Å². The van der Waals surface area contributed by atoms with Gasteiger partial charge in [0.15, 0.2) is 5.78 Å². The van der Waals surface area contributed by atoms with Gasteiger partial charge in [0.2, 0.25) is 11.9 Å². The van der Waals surface area contributed by atoms with E-state index in [1.54, 1.807) is 23.3 Å². The van der Waals surface area contributed by atoms with E-state index in [0.717, 1.165) is 5.56 Å². The van der Waals surface area contributed by atoms with Gasteiger partial charge in [0.25, 0.3) is 0 Å². The first-order valence-electron chi connectivity index (χ1n) is 10.5. The number of amides is 1. The number of ketones is 1. The van der Waals surface area contributed by atoms with Crippen molar-refractivity contribution in [3.8, 4) is 0 Å². The molecule has 1 fully saturated rings. The number of nitrogens with one attached hydrogen (secondary N) is 3. The Bertz CT molecular complexity index is 1100. The van der Waals surface area contributed by atoms with Crippen molar-refractivity contribution < 1.29 is 32.3 Å². The summed E-state index contributed by atoms with van der Waals surface area (Å²) in [5.41, 5.74) is 0.796. The van der Waals surface area contributed by atoms with Crippen LogP contribution in [-0.4, -0.2) is 65.7 Å². The Kier molecular flexibility index (Phi) is 6.68. The molecule has 3 heterocycles. The van der Waals surface area contributed by atoms with Crippen LogP contribution in [-0.2, 0) is 31.8 Å². The second-order valence-corrected chi connectivity index (χ2v) is 7.89. The number of halogens is 3. The second-order valence-electron chi connectivity index (χ2n) is 7.89. The minimum atomic E-state index is -4.76. The Morgan fingerprint density at radius 3 is 2.88 bits per heavy atom. The van der Waals surface area contributed by atoms with Gasteiger partial charge >= 0.3 is 6.18 Å². The van der Waals surface area contributed by atoms with Crippen molar-refractivity contribution in [3.05, 3.63) is 35.5 Å². The van der Waals surface area contributed by atoms with Crippen molar-refractivity contribution in [2.75, 3.05) is 42.8 Å². The van der Waals surface area contributed by atoms with Crippen LogP contribution in [0.25, 0.3) is 0 Å². The number of aromatic nitrogens is 2. The van der Waals surface area contributed by atoms with Crippen molar-refractivity contribution in [2.24, 2.45) is 0 Å². The third-order valence-electron chi connectivity index (χ3n) is 5.50. The summed E-state index contributed by atoms with van der Waals surface area (Å²) in [5, 5.41) is 9.74. The zero-order valence-electron chi connectivity index (χ0n) is 18.4. The zero-order chi connectivity index (χ0) is 24.5. The normalized spacial score (nSPS) is 19.3. The number of benzene rings is 1. The smallest absolute Gasteiger partial charge is 0.373 e. The van der Waals surface area contributed by atoms with Crippen LogP contribution in [0, 0.1) is 0 Å². The highest BCUT2D eigenvalue weighted by Crippen LogP contribution is 2.35. The molecule has 2 aliphatic heterocycles. The minimum Gasteiger partial charge on any atom is -0.373 e. The molecule has 13 heteroatoms. The monoisotopic (exact) mass is 480 g/mol. The number of alkyl halides is 3. The average molecular weight is 480 g/mol. The number of hydroxylamine groups is 2. The van der Waals surface area contributed by atoms with Crippen LogP contribution >= 0.6 is 0 Å². The van der Waals surface area contributed by atoms with Crippen LogP contribution in [0.4, 0.5) is 36.3 Å². The third kappa shape index (κ3) is 5.26.